The monoisotopic (exact) mass is 662 g/mol. The van der Waals surface area contributed by atoms with Gasteiger partial charge in [0.1, 0.15) is 0 Å². The maximum atomic E-state index is 15.7. The number of carbonyl (C=O) groups excluding carboxylic acids is 2. The van der Waals surface area contributed by atoms with Crippen LogP contribution in [0.5, 0.6) is 0 Å². The summed E-state index contributed by atoms with van der Waals surface area (Å²) in [5.74, 6) is -18.4. The van der Waals surface area contributed by atoms with E-state index in [1.807, 2.05) is 0 Å². The summed E-state index contributed by atoms with van der Waals surface area (Å²) in [6, 6.07) is 18.2. The molecule has 2 heterocycles. The number of allylic oxidation sites excluding steroid dienone is 2. The highest BCUT2D eigenvalue weighted by atomic mass is 32.1. The molecule has 236 valence electrons. The fraction of sp³-hybridized carbons (Fsp3) is 0.273. The molecule has 2 N–H and O–H groups in total. The molecule has 2 amide bonds. The SMILES string of the molecule is Cc1cc(C2=C(c3cc(C)sc3C(=O)N[C@H](C)c3ccccc3)C(F)(F)C(F)(F)C2(F)F)c(C(=O)N[C@@H](C)c2ccccc2)s1. The van der Waals surface area contributed by atoms with Crippen molar-refractivity contribution in [2.45, 2.75) is 57.5 Å². The van der Waals surface area contributed by atoms with Crippen LogP contribution in [0.15, 0.2) is 72.8 Å². The van der Waals surface area contributed by atoms with Gasteiger partial charge in [-0.15, -0.1) is 22.7 Å². The number of carbonyl (C=O) groups is 2. The maximum Gasteiger partial charge on any atom is 0.380 e. The molecule has 0 saturated heterocycles. The molecular weight excluding hydrogens is 634 g/mol. The van der Waals surface area contributed by atoms with E-state index in [9.17, 15) is 9.59 Å². The summed E-state index contributed by atoms with van der Waals surface area (Å²) in [7, 11) is 0. The number of nitrogens with one attached hydrogen (secondary N) is 2. The summed E-state index contributed by atoms with van der Waals surface area (Å²) in [5.41, 5.74) is -3.47. The fourth-order valence-corrected chi connectivity index (χ4v) is 7.19. The van der Waals surface area contributed by atoms with Crippen molar-refractivity contribution in [2.75, 3.05) is 0 Å². The molecule has 45 heavy (non-hydrogen) atoms. The summed E-state index contributed by atoms with van der Waals surface area (Å²) in [6.45, 7) is 6.18. The molecule has 1 aliphatic carbocycles. The van der Waals surface area contributed by atoms with E-state index in [0.29, 0.717) is 11.1 Å². The Bertz CT molecular complexity index is 1650. The molecule has 0 bridgehead atoms. The lowest BCUT2D eigenvalue weighted by atomic mass is 9.94. The quantitative estimate of drug-likeness (QED) is 0.185. The van der Waals surface area contributed by atoms with E-state index in [4.69, 9.17) is 0 Å². The van der Waals surface area contributed by atoms with Crippen LogP contribution in [0.25, 0.3) is 11.1 Å². The normalized spacial score (nSPS) is 18.0. The predicted octanol–water partition coefficient (Wildman–Crippen LogP) is 9.24. The van der Waals surface area contributed by atoms with Crippen molar-refractivity contribution in [3.63, 3.8) is 0 Å². The van der Waals surface area contributed by atoms with E-state index < -0.39 is 73.7 Å². The lowest BCUT2D eigenvalue weighted by Crippen LogP contribution is -2.49. The van der Waals surface area contributed by atoms with Gasteiger partial charge in [-0.05, 0) is 51.0 Å². The van der Waals surface area contributed by atoms with E-state index in [-0.39, 0.29) is 9.75 Å². The Balaban J connectivity index is 1.65. The molecule has 5 rings (SSSR count). The summed E-state index contributed by atoms with van der Waals surface area (Å²) in [4.78, 5) is 26.5. The first kappa shape index (κ1) is 32.5. The topological polar surface area (TPSA) is 58.2 Å². The molecule has 0 fully saturated rings. The first-order valence-electron chi connectivity index (χ1n) is 13.9. The third-order valence-corrected chi connectivity index (χ3v) is 9.72. The van der Waals surface area contributed by atoms with Gasteiger partial charge in [0, 0.05) is 32.0 Å². The Labute approximate surface area is 263 Å². The predicted molar refractivity (Wildman–Crippen MR) is 164 cm³/mol. The van der Waals surface area contributed by atoms with Crippen LogP contribution in [0.4, 0.5) is 26.3 Å². The zero-order valence-corrected chi connectivity index (χ0v) is 26.1. The van der Waals surface area contributed by atoms with Crippen LogP contribution < -0.4 is 10.6 Å². The molecule has 2 aromatic carbocycles. The lowest BCUT2D eigenvalue weighted by Gasteiger charge is -2.26. The Morgan fingerprint density at radius 3 is 1.29 bits per heavy atom. The van der Waals surface area contributed by atoms with Crippen LogP contribution in [0, 0.1) is 13.8 Å². The number of halogens is 6. The van der Waals surface area contributed by atoms with Crippen LogP contribution in [-0.4, -0.2) is 29.6 Å². The zero-order chi connectivity index (χ0) is 32.9. The number of amides is 2. The average Bonchev–Trinajstić information content (AvgIpc) is 3.60. The second kappa shape index (κ2) is 11.8. The molecule has 12 heteroatoms. The molecular formula is C33H28F6N2O2S2. The number of hydrogen-bond acceptors (Lipinski definition) is 4. The third-order valence-electron chi connectivity index (χ3n) is 7.62. The van der Waals surface area contributed by atoms with Crippen molar-refractivity contribution in [1.29, 1.82) is 0 Å². The van der Waals surface area contributed by atoms with Crippen LogP contribution in [0.3, 0.4) is 0 Å². The minimum atomic E-state index is -5.85. The molecule has 0 saturated carbocycles. The Hall–Kier alpha value is -3.90. The van der Waals surface area contributed by atoms with Gasteiger partial charge >= 0.3 is 17.8 Å². The third kappa shape index (κ3) is 5.58. The molecule has 4 nitrogen and oxygen atoms in total. The summed E-state index contributed by atoms with van der Waals surface area (Å²) in [6.07, 6.45) is 0. The molecule has 0 unspecified atom stereocenters. The fourth-order valence-electron chi connectivity index (χ4n) is 5.34. The number of rotatable bonds is 8. The largest absolute Gasteiger partial charge is 0.380 e. The van der Waals surface area contributed by atoms with E-state index in [0.717, 1.165) is 34.8 Å². The van der Waals surface area contributed by atoms with Crippen molar-refractivity contribution in [3.05, 3.63) is 115 Å². The highest BCUT2D eigenvalue weighted by Gasteiger charge is 2.80. The second-order valence-corrected chi connectivity index (χ2v) is 13.4. The van der Waals surface area contributed by atoms with Gasteiger partial charge in [-0.25, -0.2) is 0 Å². The van der Waals surface area contributed by atoms with E-state index in [2.05, 4.69) is 10.6 Å². The van der Waals surface area contributed by atoms with Crippen LogP contribution in [0.1, 0.15) is 77.3 Å². The first-order valence-corrected chi connectivity index (χ1v) is 15.5. The standard InChI is InChI=1S/C33H28F6N2O2S2/c1-17-15-23(27(44-17)29(42)40-19(3)21-11-7-5-8-12-21)25-26(32(36,37)33(38,39)31(25,34)35)24-16-18(2)45-28(24)30(43)41-20(4)22-13-9-6-10-14-22/h5-16,19-20H,1-4H3,(H,40,42)(H,41,43)/t19-,20+. The zero-order valence-electron chi connectivity index (χ0n) is 24.5. The van der Waals surface area contributed by atoms with Gasteiger partial charge in [0.15, 0.2) is 0 Å². The van der Waals surface area contributed by atoms with Crippen LogP contribution in [0.2, 0.25) is 0 Å². The highest BCUT2D eigenvalue weighted by molar-refractivity contribution is 7.14. The van der Waals surface area contributed by atoms with Gasteiger partial charge in [-0.3, -0.25) is 9.59 Å². The van der Waals surface area contributed by atoms with E-state index >= 15 is 26.3 Å². The summed E-state index contributed by atoms with van der Waals surface area (Å²) < 4.78 is 93.3. The van der Waals surface area contributed by atoms with Gasteiger partial charge < -0.3 is 10.6 Å². The van der Waals surface area contributed by atoms with Crippen molar-refractivity contribution in [1.82, 2.24) is 10.6 Å². The number of benzene rings is 2. The van der Waals surface area contributed by atoms with E-state index in [1.54, 1.807) is 74.5 Å². The first-order chi connectivity index (χ1) is 21.1. The van der Waals surface area contributed by atoms with Gasteiger partial charge in [0.2, 0.25) is 0 Å². The van der Waals surface area contributed by atoms with Gasteiger partial charge in [0.05, 0.1) is 21.8 Å². The molecule has 0 radical (unpaired) electrons. The second-order valence-electron chi connectivity index (χ2n) is 10.9. The van der Waals surface area contributed by atoms with Gasteiger partial charge in [-0.2, -0.15) is 26.3 Å². The maximum absolute atomic E-state index is 15.7. The Kier molecular flexibility index (Phi) is 8.52. The number of alkyl halides is 6. The Morgan fingerprint density at radius 1 is 0.622 bits per heavy atom. The number of thiophene rings is 2. The molecule has 2 atom stereocenters. The van der Waals surface area contributed by atoms with Crippen LogP contribution >= 0.6 is 22.7 Å². The van der Waals surface area contributed by atoms with Crippen LogP contribution in [-0.2, 0) is 0 Å². The van der Waals surface area contributed by atoms with Gasteiger partial charge in [-0.1, -0.05) is 60.7 Å². The lowest BCUT2D eigenvalue weighted by molar-refractivity contribution is -0.254. The molecule has 0 aliphatic heterocycles. The number of hydrogen-bond donors (Lipinski definition) is 2. The van der Waals surface area contributed by atoms with Crippen molar-refractivity contribution >= 4 is 45.6 Å². The summed E-state index contributed by atoms with van der Waals surface area (Å²) >= 11 is 1.44. The highest BCUT2D eigenvalue weighted by Crippen LogP contribution is 2.65. The number of aryl methyl sites for hydroxylation is 2. The average molecular weight is 663 g/mol. The molecule has 1 aliphatic rings. The van der Waals surface area contributed by atoms with Gasteiger partial charge in [0.25, 0.3) is 11.8 Å². The van der Waals surface area contributed by atoms with Crippen molar-refractivity contribution < 1.29 is 35.9 Å². The van der Waals surface area contributed by atoms with Crippen molar-refractivity contribution in [2.24, 2.45) is 0 Å². The van der Waals surface area contributed by atoms with E-state index in [1.165, 1.54) is 13.8 Å². The van der Waals surface area contributed by atoms with Crippen molar-refractivity contribution in [3.8, 4) is 0 Å². The molecule has 0 spiro atoms. The molecule has 2 aromatic heterocycles. The minimum absolute atomic E-state index is 0.264. The summed E-state index contributed by atoms with van der Waals surface area (Å²) in [5, 5.41) is 5.30. The smallest absolute Gasteiger partial charge is 0.345 e. The molecule has 4 aromatic rings. The Morgan fingerprint density at radius 2 is 0.956 bits per heavy atom. The minimum Gasteiger partial charge on any atom is -0.345 e.